The second kappa shape index (κ2) is 6.14. The van der Waals surface area contributed by atoms with Crippen molar-refractivity contribution in [2.75, 3.05) is 0 Å². The molecule has 1 rings (SSSR count). The van der Waals surface area contributed by atoms with Gasteiger partial charge in [-0.2, -0.15) is 0 Å². The Hall–Kier alpha value is -1.43. The van der Waals surface area contributed by atoms with Gasteiger partial charge in [0.25, 0.3) is 5.91 Å². The third-order valence-corrected chi connectivity index (χ3v) is 3.49. The number of hydrogen-bond donors (Lipinski definition) is 2. The van der Waals surface area contributed by atoms with Gasteiger partial charge in [0, 0.05) is 6.04 Å². The van der Waals surface area contributed by atoms with E-state index in [1.807, 2.05) is 20.8 Å². The number of thiazole rings is 1. The van der Waals surface area contributed by atoms with Crippen molar-refractivity contribution in [2.24, 2.45) is 5.41 Å². The molecule has 2 N–H and O–H groups in total. The van der Waals surface area contributed by atoms with Gasteiger partial charge < -0.3 is 10.4 Å². The van der Waals surface area contributed by atoms with Crippen molar-refractivity contribution in [1.29, 1.82) is 0 Å². The fourth-order valence-corrected chi connectivity index (χ4v) is 2.60. The lowest BCUT2D eigenvalue weighted by Gasteiger charge is -2.25. The molecule has 1 heterocycles. The summed E-state index contributed by atoms with van der Waals surface area (Å²) in [6, 6.07) is -0.369. The van der Waals surface area contributed by atoms with E-state index in [1.54, 1.807) is 12.4 Å². The molecule has 19 heavy (non-hydrogen) atoms. The smallest absolute Gasteiger partial charge is 0.305 e. The quantitative estimate of drug-likeness (QED) is 0.870. The zero-order chi connectivity index (χ0) is 14.6. The summed E-state index contributed by atoms with van der Waals surface area (Å²) in [5.74, 6) is -1.15. The molecule has 106 valence electrons. The van der Waals surface area contributed by atoms with E-state index in [0.717, 1.165) is 0 Å². The van der Waals surface area contributed by atoms with Gasteiger partial charge in [0.05, 0.1) is 17.6 Å². The van der Waals surface area contributed by atoms with Crippen LogP contribution in [0.2, 0.25) is 0 Å². The molecular weight excluding hydrogens is 264 g/mol. The Morgan fingerprint density at radius 2 is 2.11 bits per heavy atom. The molecule has 0 aliphatic rings. The first kappa shape index (κ1) is 15.6. The summed E-state index contributed by atoms with van der Waals surface area (Å²) in [7, 11) is 0. The van der Waals surface area contributed by atoms with Crippen molar-refractivity contribution in [1.82, 2.24) is 10.3 Å². The topological polar surface area (TPSA) is 79.3 Å². The minimum Gasteiger partial charge on any atom is -0.481 e. The largest absolute Gasteiger partial charge is 0.481 e. The Morgan fingerprint density at radius 1 is 1.47 bits per heavy atom. The molecule has 1 atom stereocenters. The molecule has 1 aromatic rings. The number of carboxylic acids is 1. The molecule has 0 bridgehead atoms. The number of nitrogens with zero attached hydrogens (tertiary/aromatic N) is 1. The number of rotatable bonds is 5. The van der Waals surface area contributed by atoms with E-state index in [0.29, 0.717) is 17.0 Å². The number of aromatic nitrogens is 1. The Bertz CT molecular complexity index is 463. The predicted molar refractivity (Wildman–Crippen MR) is 74.4 cm³/mol. The first-order chi connectivity index (χ1) is 8.69. The summed E-state index contributed by atoms with van der Waals surface area (Å²) in [5, 5.41) is 11.7. The van der Waals surface area contributed by atoms with Gasteiger partial charge in [0.15, 0.2) is 0 Å². The van der Waals surface area contributed by atoms with E-state index in [1.165, 1.54) is 11.3 Å². The number of carbonyl (C=O) groups is 2. The highest BCUT2D eigenvalue weighted by molar-refractivity contribution is 7.11. The van der Waals surface area contributed by atoms with Crippen molar-refractivity contribution < 1.29 is 14.7 Å². The number of aryl methyl sites for hydroxylation is 1. The van der Waals surface area contributed by atoms with Crippen molar-refractivity contribution >= 4 is 23.2 Å². The van der Waals surface area contributed by atoms with Gasteiger partial charge in [-0.25, -0.2) is 4.98 Å². The van der Waals surface area contributed by atoms with Gasteiger partial charge in [-0.1, -0.05) is 20.8 Å². The van der Waals surface area contributed by atoms with E-state index >= 15 is 0 Å². The van der Waals surface area contributed by atoms with Crippen LogP contribution in [0.1, 0.15) is 49.0 Å². The van der Waals surface area contributed by atoms with E-state index in [-0.39, 0.29) is 23.8 Å². The average molecular weight is 284 g/mol. The van der Waals surface area contributed by atoms with Crippen LogP contribution in [0.3, 0.4) is 0 Å². The lowest BCUT2D eigenvalue weighted by atomic mass is 9.87. The molecule has 1 amide bonds. The number of amides is 1. The number of nitrogens with one attached hydrogen (secondary N) is 1. The minimum atomic E-state index is -0.907. The molecule has 0 aliphatic carbocycles. The number of carboxylic acid groups (broad SMARTS) is 1. The van der Waals surface area contributed by atoms with E-state index in [2.05, 4.69) is 10.3 Å². The Kier molecular flexibility index (Phi) is 5.05. The van der Waals surface area contributed by atoms with Crippen molar-refractivity contribution in [3.05, 3.63) is 16.1 Å². The highest BCUT2D eigenvalue weighted by atomic mass is 32.1. The Balaban J connectivity index is 2.74. The predicted octanol–water partition coefficient (Wildman–Crippen LogP) is 2.46. The molecule has 0 aliphatic heterocycles. The molecule has 1 aromatic heterocycles. The molecule has 0 radical (unpaired) electrons. The molecule has 1 unspecified atom stereocenters. The van der Waals surface area contributed by atoms with Crippen molar-refractivity contribution in [2.45, 2.75) is 46.6 Å². The maximum Gasteiger partial charge on any atom is 0.305 e. The highest BCUT2D eigenvalue weighted by Crippen LogP contribution is 2.23. The van der Waals surface area contributed by atoms with Gasteiger partial charge >= 0.3 is 5.97 Å². The van der Waals surface area contributed by atoms with E-state index in [9.17, 15) is 9.59 Å². The van der Waals surface area contributed by atoms with Crippen LogP contribution in [0.25, 0.3) is 0 Å². The number of hydrogen-bond acceptors (Lipinski definition) is 4. The Morgan fingerprint density at radius 3 is 2.53 bits per heavy atom. The van der Waals surface area contributed by atoms with Gasteiger partial charge in [-0.05, 0) is 18.8 Å². The fraction of sp³-hybridized carbons (Fsp3) is 0.615. The van der Waals surface area contributed by atoms with Crippen LogP contribution in [0, 0.1) is 12.3 Å². The van der Waals surface area contributed by atoms with Crippen LogP contribution in [0.15, 0.2) is 5.51 Å². The third-order valence-electron chi connectivity index (χ3n) is 2.57. The van der Waals surface area contributed by atoms with Crippen LogP contribution in [-0.4, -0.2) is 28.0 Å². The lowest BCUT2D eigenvalue weighted by molar-refractivity contribution is -0.137. The van der Waals surface area contributed by atoms with E-state index in [4.69, 9.17) is 5.11 Å². The Labute approximate surface area is 117 Å². The monoisotopic (exact) mass is 284 g/mol. The molecule has 0 saturated carbocycles. The van der Waals surface area contributed by atoms with Crippen LogP contribution in [-0.2, 0) is 4.79 Å². The van der Waals surface area contributed by atoms with Crippen LogP contribution < -0.4 is 5.32 Å². The zero-order valence-corrected chi connectivity index (χ0v) is 12.5. The second-order valence-corrected chi connectivity index (χ2v) is 6.65. The minimum absolute atomic E-state index is 0.0455. The molecule has 5 nitrogen and oxygen atoms in total. The maximum atomic E-state index is 12.1. The van der Waals surface area contributed by atoms with Crippen molar-refractivity contribution in [3.63, 3.8) is 0 Å². The summed E-state index contributed by atoms with van der Waals surface area (Å²) in [4.78, 5) is 27.5. The molecule has 6 heteroatoms. The lowest BCUT2D eigenvalue weighted by Crippen LogP contribution is -2.39. The molecular formula is C13H20N2O3S. The normalized spacial score (nSPS) is 13.1. The molecule has 0 aromatic carbocycles. The average Bonchev–Trinajstić information content (AvgIpc) is 2.60. The highest BCUT2D eigenvalue weighted by Gasteiger charge is 2.24. The summed E-state index contributed by atoms with van der Waals surface area (Å²) in [6.45, 7) is 7.82. The summed E-state index contributed by atoms with van der Waals surface area (Å²) < 4.78 is 0. The molecule has 0 fully saturated rings. The summed E-state index contributed by atoms with van der Waals surface area (Å²) in [6.07, 6.45) is 0.545. The standard InChI is InChI=1S/C13H20N2O3S/c1-8-11(19-7-14-8)12(18)15-9(5-10(16)17)6-13(2,3)4/h7,9H,5-6H2,1-4H3,(H,15,18)(H,16,17). The van der Waals surface area contributed by atoms with E-state index < -0.39 is 5.97 Å². The first-order valence-corrected chi connectivity index (χ1v) is 7.00. The van der Waals surface area contributed by atoms with Gasteiger partial charge in [0.2, 0.25) is 0 Å². The molecule has 0 spiro atoms. The SMILES string of the molecule is Cc1ncsc1C(=O)NC(CC(=O)O)CC(C)(C)C. The van der Waals surface area contributed by atoms with Crippen LogP contribution in [0.4, 0.5) is 0 Å². The first-order valence-electron chi connectivity index (χ1n) is 6.12. The zero-order valence-electron chi connectivity index (χ0n) is 11.7. The molecule has 0 saturated heterocycles. The van der Waals surface area contributed by atoms with Gasteiger partial charge in [0.1, 0.15) is 4.88 Å². The summed E-state index contributed by atoms with van der Waals surface area (Å²) >= 11 is 1.27. The summed E-state index contributed by atoms with van der Waals surface area (Å²) in [5.41, 5.74) is 2.24. The maximum absolute atomic E-state index is 12.1. The number of carbonyl (C=O) groups excluding carboxylic acids is 1. The van der Waals surface area contributed by atoms with Crippen LogP contribution >= 0.6 is 11.3 Å². The second-order valence-electron chi connectivity index (χ2n) is 5.80. The fourth-order valence-electron chi connectivity index (χ4n) is 1.89. The van der Waals surface area contributed by atoms with Gasteiger partial charge in [-0.15, -0.1) is 11.3 Å². The third kappa shape index (κ3) is 5.38. The van der Waals surface area contributed by atoms with Crippen molar-refractivity contribution in [3.8, 4) is 0 Å². The van der Waals surface area contributed by atoms with Crippen LogP contribution in [0.5, 0.6) is 0 Å². The van der Waals surface area contributed by atoms with Gasteiger partial charge in [-0.3, -0.25) is 9.59 Å². The number of aliphatic carboxylic acids is 1.